The number of sulfonamides is 1. The van der Waals surface area contributed by atoms with Crippen LogP contribution in [0.5, 0.6) is 5.75 Å². The summed E-state index contributed by atoms with van der Waals surface area (Å²) in [6.45, 7) is 6.87. The number of morpholine rings is 1. The van der Waals surface area contributed by atoms with Gasteiger partial charge in [0.15, 0.2) is 0 Å². The van der Waals surface area contributed by atoms with Crippen molar-refractivity contribution in [3.8, 4) is 5.75 Å². The molecular weight excluding hydrogens is 368 g/mol. The van der Waals surface area contributed by atoms with Crippen molar-refractivity contribution in [1.82, 2.24) is 9.97 Å². The monoisotopic (exact) mass is 390 g/mol. The molecule has 0 saturated carbocycles. The van der Waals surface area contributed by atoms with Crippen LogP contribution in [0.2, 0.25) is 0 Å². The first-order valence-corrected chi connectivity index (χ1v) is 10.4. The predicted molar refractivity (Wildman–Crippen MR) is 101 cm³/mol. The minimum absolute atomic E-state index is 0.211. The van der Waals surface area contributed by atoms with E-state index >= 15 is 0 Å². The molecule has 3 heterocycles. The Morgan fingerprint density at radius 1 is 1.07 bits per heavy atom. The molecule has 144 valence electrons. The quantitative estimate of drug-likeness (QED) is 0.849. The number of benzene rings is 1. The van der Waals surface area contributed by atoms with Crippen molar-refractivity contribution in [1.29, 1.82) is 0 Å². The summed E-state index contributed by atoms with van der Waals surface area (Å²) in [5, 5.41) is 0. The fourth-order valence-electron chi connectivity index (χ4n) is 3.27. The molecule has 1 saturated heterocycles. The zero-order valence-electron chi connectivity index (χ0n) is 15.4. The van der Waals surface area contributed by atoms with E-state index in [0.29, 0.717) is 49.3 Å². The molecule has 2 aromatic rings. The summed E-state index contributed by atoms with van der Waals surface area (Å²) < 4.78 is 39.2. The minimum atomic E-state index is -3.74. The first-order chi connectivity index (χ1) is 12.9. The Bertz CT molecular complexity index is 948. The highest BCUT2D eigenvalue weighted by molar-refractivity contribution is 7.92. The third kappa shape index (κ3) is 3.57. The average molecular weight is 390 g/mol. The van der Waals surface area contributed by atoms with Crippen molar-refractivity contribution >= 4 is 21.7 Å². The summed E-state index contributed by atoms with van der Waals surface area (Å²) >= 11 is 0. The van der Waals surface area contributed by atoms with Crippen LogP contribution in [-0.2, 0) is 21.2 Å². The Morgan fingerprint density at radius 2 is 1.78 bits per heavy atom. The van der Waals surface area contributed by atoms with Crippen molar-refractivity contribution in [2.24, 2.45) is 0 Å². The van der Waals surface area contributed by atoms with Gasteiger partial charge < -0.3 is 14.4 Å². The molecule has 0 unspecified atom stereocenters. The maximum absolute atomic E-state index is 12.9. The van der Waals surface area contributed by atoms with Gasteiger partial charge in [0.1, 0.15) is 5.75 Å². The van der Waals surface area contributed by atoms with E-state index in [2.05, 4.69) is 14.7 Å². The lowest BCUT2D eigenvalue weighted by atomic mass is 10.2. The predicted octanol–water partition coefficient (Wildman–Crippen LogP) is 1.67. The maximum atomic E-state index is 12.9. The number of hydrogen-bond acceptors (Lipinski definition) is 7. The number of nitrogens with one attached hydrogen (secondary N) is 1. The van der Waals surface area contributed by atoms with E-state index in [1.807, 2.05) is 4.90 Å². The number of anilines is 2. The molecule has 1 aromatic heterocycles. The van der Waals surface area contributed by atoms with E-state index in [0.717, 1.165) is 24.4 Å². The number of aryl methyl sites for hydroxylation is 2. The molecule has 1 aromatic carbocycles. The lowest BCUT2D eigenvalue weighted by Gasteiger charge is -2.27. The average Bonchev–Trinajstić information content (AvgIpc) is 3.13. The molecule has 0 bridgehead atoms. The van der Waals surface area contributed by atoms with Crippen LogP contribution < -0.4 is 14.4 Å². The lowest BCUT2D eigenvalue weighted by Crippen LogP contribution is -2.37. The van der Waals surface area contributed by atoms with Crippen LogP contribution in [-0.4, -0.2) is 51.3 Å². The summed E-state index contributed by atoms with van der Waals surface area (Å²) in [5.41, 5.74) is 2.52. The first kappa shape index (κ1) is 18.0. The van der Waals surface area contributed by atoms with Gasteiger partial charge in [-0.2, -0.15) is 0 Å². The third-order valence-electron chi connectivity index (χ3n) is 4.76. The van der Waals surface area contributed by atoms with Gasteiger partial charge >= 0.3 is 0 Å². The van der Waals surface area contributed by atoms with Gasteiger partial charge in [0, 0.05) is 19.5 Å². The Labute approximate surface area is 158 Å². The van der Waals surface area contributed by atoms with Crippen LogP contribution in [0.1, 0.15) is 17.0 Å². The normalized spacial score (nSPS) is 16.7. The van der Waals surface area contributed by atoms with Crippen LogP contribution in [0.25, 0.3) is 0 Å². The molecule has 2 aliphatic rings. The molecule has 27 heavy (non-hydrogen) atoms. The number of hydrogen-bond donors (Lipinski definition) is 1. The van der Waals surface area contributed by atoms with Crippen LogP contribution in [0.15, 0.2) is 23.1 Å². The van der Waals surface area contributed by atoms with E-state index in [1.54, 1.807) is 32.0 Å². The highest BCUT2D eigenvalue weighted by Crippen LogP contribution is 2.29. The van der Waals surface area contributed by atoms with Crippen molar-refractivity contribution in [2.45, 2.75) is 25.2 Å². The topological polar surface area (TPSA) is 93.6 Å². The largest absolute Gasteiger partial charge is 0.493 e. The van der Waals surface area contributed by atoms with Gasteiger partial charge in [0.05, 0.1) is 41.8 Å². The van der Waals surface area contributed by atoms with Gasteiger partial charge in [-0.3, -0.25) is 4.72 Å². The fourth-order valence-corrected chi connectivity index (χ4v) is 4.50. The molecule has 4 rings (SSSR count). The zero-order valence-corrected chi connectivity index (χ0v) is 16.2. The molecular formula is C18H22N4O4S. The number of ether oxygens (including phenoxy) is 2. The maximum Gasteiger partial charge on any atom is 0.262 e. The second-order valence-electron chi connectivity index (χ2n) is 6.64. The number of rotatable bonds is 4. The Morgan fingerprint density at radius 3 is 2.48 bits per heavy atom. The molecule has 0 spiro atoms. The molecule has 1 N–H and O–H groups in total. The van der Waals surface area contributed by atoms with Gasteiger partial charge in [-0.1, -0.05) is 0 Å². The van der Waals surface area contributed by atoms with Gasteiger partial charge in [0.2, 0.25) is 5.95 Å². The zero-order chi connectivity index (χ0) is 19.0. The molecule has 0 atom stereocenters. The van der Waals surface area contributed by atoms with Crippen molar-refractivity contribution in [2.75, 3.05) is 42.5 Å². The van der Waals surface area contributed by atoms with E-state index in [-0.39, 0.29) is 4.90 Å². The second kappa shape index (κ2) is 6.97. The van der Waals surface area contributed by atoms with E-state index in [4.69, 9.17) is 9.47 Å². The highest BCUT2D eigenvalue weighted by atomic mass is 32.2. The Kier molecular flexibility index (Phi) is 4.65. The highest BCUT2D eigenvalue weighted by Gasteiger charge is 2.23. The van der Waals surface area contributed by atoms with E-state index in [1.165, 1.54) is 0 Å². The summed E-state index contributed by atoms with van der Waals surface area (Å²) in [4.78, 5) is 11.3. The molecule has 9 heteroatoms. The van der Waals surface area contributed by atoms with E-state index in [9.17, 15) is 8.42 Å². The molecule has 8 nitrogen and oxygen atoms in total. The van der Waals surface area contributed by atoms with Crippen LogP contribution in [0.3, 0.4) is 0 Å². The third-order valence-corrected chi connectivity index (χ3v) is 6.11. The standard InChI is InChI=1S/C18H22N4O4S/c1-12-17(13(2)20-18(19-12)22-6-9-25-10-7-22)21-27(23,24)15-3-4-16-14(11-15)5-8-26-16/h3-4,11,21H,5-10H2,1-2H3. The first-order valence-electron chi connectivity index (χ1n) is 8.90. The van der Waals surface area contributed by atoms with Crippen LogP contribution in [0.4, 0.5) is 11.6 Å². The summed E-state index contributed by atoms with van der Waals surface area (Å²) in [6.07, 6.45) is 0.716. The fraction of sp³-hybridized carbons (Fsp3) is 0.444. The van der Waals surface area contributed by atoms with Crippen LogP contribution >= 0.6 is 0 Å². The molecule has 0 aliphatic carbocycles. The Balaban J connectivity index is 1.61. The molecule has 1 fully saturated rings. The van der Waals surface area contributed by atoms with Gasteiger partial charge in [-0.15, -0.1) is 0 Å². The SMILES string of the molecule is Cc1nc(N2CCOCC2)nc(C)c1NS(=O)(=O)c1ccc2c(c1)CCO2. The molecule has 2 aliphatic heterocycles. The molecule has 0 radical (unpaired) electrons. The van der Waals surface area contributed by atoms with Crippen molar-refractivity contribution in [3.63, 3.8) is 0 Å². The van der Waals surface area contributed by atoms with Gasteiger partial charge in [-0.05, 0) is 37.6 Å². The molecule has 0 amide bonds. The second-order valence-corrected chi connectivity index (χ2v) is 8.32. The summed E-state index contributed by atoms with van der Waals surface area (Å²) in [5.74, 6) is 1.35. The lowest BCUT2D eigenvalue weighted by molar-refractivity contribution is 0.122. The minimum Gasteiger partial charge on any atom is -0.493 e. The van der Waals surface area contributed by atoms with Crippen molar-refractivity contribution in [3.05, 3.63) is 35.2 Å². The summed E-state index contributed by atoms with van der Waals surface area (Å²) in [6, 6.07) is 4.92. The number of fused-ring (bicyclic) bond motifs is 1. The van der Waals surface area contributed by atoms with Crippen LogP contribution in [0, 0.1) is 13.8 Å². The van der Waals surface area contributed by atoms with Crippen molar-refractivity contribution < 1.29 is 17.9 Å². The Hall–Kier alpha value is -2.39. The van der Waals surface area contributed by atoms with Gasteiger partial charge in [0.25, 0.3) is 10.0 Å². The number of aromatic nitrogens is 2. The smallest absolute Gasteiger partial charge is 0.262 e. The van der Waals surface area contributed by atoms with E-state index < -0.39 is 10.0 Å². The van der Waals surface area contributed by atoms with Gasteiger partial charge in [-0.25, -0.2) is 18.4 Å². The summed E-state index contributed by atoms with van der Waals surface area (Å²) in [7, 11) is -3.74. The number of nitrogens with zero attached hydrogens (tertiary/aromatic N) is 3.